The van der Waals surface area contributed by atoms with Crippen LogP contribution in [0.4, 0.5) is 5.82 Å². The van der Waals surface area contributed by atoms with Crippen molar-refractivity contribution in [3.8, 4) is 0 Å². The summed E-state index contributed by atoms with van der Waals surface area (Å²) in [5.41, 5.74) is 2.03. The molecule has 5 rings (SSSR count). The summed E-state index contributed by atoms with van der Waals surface area (Å²) in [6.45, 7) is 8.20. The summed E-state index contributed by atoms with van der Waals surface area (Å²) in [7, 11) is 1.87. The highest BCUT2D eigenvalue weighted by Crippen LogP contribution is 2.28. The fourth-order valence-corrected chi connectivity index (χ4v) is 4.66. The molecule has 0 spiro atoms. The van der Waals surface area contributed by atoms with Crippen LogP contribution in [0.5, 0.6) is 0 Å². The summed E-state index contributed by atoms with van der Waals surface area (Å²) < 4.78 is 1.74. The number of hydrogen-bond acceptors (Lipinski definition) is 6. The quantitative estimate of drug-likeness (QED) is 0.630. The highest BCUT2D eigenvalue weighted by atomic mass is 16.2. The number of fused-ring (bicyclic) bond motifs is 1. The highest BCUT2D eigenvalue weighted by Gasteiger charge is 2.27. The molecule has 1 aromatic carbocycles. The second-order valence-electron chi connectivity index (χ2n) is 9.10. The number of nitrogens with zero attached hydrogens (tertiary/aromatic N) is 7. The molecule has 2 saturated heterocycles. The fraction of sp³-hybridized carbons (Fsp3) is 0.500. The van der Waals surface area contributed by atoms with Gasteiger partial charge in [-0.2, -0.15) is 5.10 Å². The number of anilines is 1. The minimum absolute atomic E-state index is 0.0842. The van der Waals surface area contributed by atoms with Crippen LogP contribution in [0.25, 0.3) is 11.0 Å². The molecule has 32 heavy (non-hydrogen) atoms. The van der Waals surface area contributed by atoms with Gasteiger partial charge in [-0.15, -0.1) is 0 Å². The van der Waals surface area contributed by atoms with Crippen LogP contribution in [0.15, 0.2) is 36.5 Å². The van der Waals surface area contributed by atoms with E-state index in [0.29, 0.717) is 13.1 Å². The molecule has 3 aromatic rings. The molecule has 2 fully saturated rings. The number of benzene rings is 1. The van der Waals surface area contributed by atoms with E-state index in [1.807, 2.05) is 24.2 Å². The first-order chi connectivity index (χ1) is 15.6. The Morgan fingerprint density at radius 2 is 1.72 bits per heavy atom. The van der Waals surface area contributed by atoms with E-state index in [9.17, 15) is 4.79 Å². The lowest BCUT2D eigenvalue weighted by Crippen LogP contribution is -2.48. The van der Waals surface area contributed by atoms with Crippen LogP contribution in [0.1, 0.15) is 35.9 Å². The van der Waals surface area contributed by atoms with Crippen LogP contribution in [-0.2, 0) is 13.6 Å². The van der Waals surface area contributed by atoms with E-state index in [1.54, 1.807) is 4.68 Å². The van der Waals surface area contributed by atoms with Crippen molar-refractivity contribution in [2.45, 2.75) is 26.3 Å². The molecule has 0 unspecified atom stereocenters. The lowest BCUT2D eigenvalue weighted by molar-refractivity contribution is 0.0617. The summed E-state index contributed by atoms with van der Waals surface area (Å²) >= 11 is 0. The van der Waals surface area contributed by atoms with Crippen molar-refractivity contribution in [1.29, 1.82) is 0 Å². The van der Waals surface area contributed by atoms with Crippen LogP contribution in [0, 0.1) is 5.92 Å². The van der Waals surface area contributed by atoms with Crippen LogP contribution in [0.2, 0.25) is 0 Å². The van der Waals surface area contributed by atoms with Crippen LogP contribution in [-0.4, -0.2) is 74.7 Å². The largest absolute Gasteiger partial charge is 0.356 e. The number of amides is 1. The van der Waals surface area contributed by atoms with E-state index < -0.39 is 0 Å². The van der Waals surface area contributed by atoms with Crippen molar-refractivity contribution in [3.05, 3.63) is 47.9 Å². The first-order valence-corrected chi connectivity index (χ1v) is 11.6. The molecule has 2 aromatic heterocycles. The standard InChI is InChI=1S/C24H31N7O/c1-18-8-10-30(11-9-18)23-20-16-25-28(2)22(20)26-21(27-23)24(32)31-14-12-29(13-15-31)17-19-6-4-3-5-7-19/h3-7,16,18H,8-15,17H2,1-2H3. The average molecular weight is 434 g/mol. The van der Waals surface area contributed by atoms with Gasteiger partial charge in [-0.05, 0) is 24.3 Å². The molecule has 2 aliphatic heterocycles. The first-order valence-electron chi connectivity index (χ1n) is 11.6. The van der Waals surface area contributed by atoms with Gasteiger partial charge >= 0.3 is 0 Å². The lowest BCUT2D eigenvalue weighted by atomic mass is 9.99. The van der Waals surface area contributed by atoms with E-state index in [2.05, 4.69) is 51.1 Å². The maximum atomic E-state index is 13.4. The number of carbonyl (C=O) groups is 1. The summed E-state index contributed by atoms with van der Waals surface area (Å²) in [6, 6.07) is 10.5. The molecule has 0 radical (unpaired) electrons. The summed E-state index contributed by atoms with van der Waals surface area (Å²) in [5, 5.41) is 5.31. The number of carbonyl (C=O) groups excluding carboxylic acids is 1. The second-order valence-corrected chi connectivity index (χ2v) is 9.10. The van der Waals surface area contributed by atoms with Gasteiger partial charge < -0.3 is 9.80 Å². The Morgan fingerprint density at radius 3 is 2.44 bits per heavy atom. The van der Waals surface area contributed by atoms with Gasteiger partial charge in [0, 0.05) is 52.9 Å². The minimum atomic E-state index is -0.0842. The van der Waals surface area contributed by atoms with Crippen molar-refractivity contribution in [2.75, 3.05) is 44.2 Å². The minimum Gasteiger partial charge on any atom is -0.356 e. The molecule has 8 nitrogen and oxygen atoms in total. The van der Waals surface area contributed by atoms with Crippen LogP contribution in [0.3, 0.4) is 0 Å². The first kappa shape index (κ1) is 20.9. The molecule has 1 amide bonds. The lowest BCUT2D eigenvalue weighted by Gasteiger charge is -2.35. The Morgan fingerprint density at radius 1 is 1.00 bits per heavy atom. The summed E-state index contributed by atoms with van der Waals surface area (Å²) in [4.78, 5) is 29.3. The van der Waals surface area contributed by atoms with Crippen LogP contribution < -0.4 is 4.90 Å². The van der Waals surface area contributed by atoms with E-state index >= 15 is 0 Å². The van der Waals surface area contributed by atoms with Crippen molar-refractivity contribution in [3.63, 3.8) is 0 Å². The molecular weight excluding hydrogens is 402 g/mol. The van der Waals surface area contributed by atoms with Crippen LogP contribution >= 0.6 is 0 Å². The van der Waals surface area contributed by atoms with Crippen molar-refractivity contribution in [2.24, 2.45) is 13.0 Å². The Hall–Kier alpha value is -3.00. The SMILES string of the molecule is CC1CCN(c2nc(C(=O)N3CCN(Cc4ccccc4)CC3)nc3c2cnn3C)CC1. The summed E-state index contributed by atoms with van der Waals surface area (Å²) in [6.07, 6.45) is 4.09. The molecule has 4 heterocycles. The predicted molar refractivity (Wildman–Crippen MR) is 125 cm³/mol. The summed E-state index contributed by atoms with van der Waals surface area (Å²) in [5.74, 6) is 1.78. The Labute approximate surface area is 188 Å². The zero-order chi connectivity index (χ0) is 22.1. The maximum absolute atomic E-state index is 13.4. The number of rotatable bonds is 4. The molecule has 0 aliphatic carbocycles. The molecule has 0 N–H and O–H groups in total. The molecule has 0 saturated carbocycles. The third-order valence-corrected chi connectivity index (χ3v) is 6.75. The van der Waals surface area contributed by atoms with Crippen molar-refractivity contribution < 1.29 is 4.79 Å². The Balaban J connectivity index is 1.33. The second kappa shape index (κ2) is 8.86. The number of piperidine rings is 1. The van der Waals surface area contributed by atoms with Crippen molar-refractivity contribution >= 4 is 22.8 Å². The van der Waals surface area contributed by atoms with Gasteiger partial charge in [-0.3, -0.25) is 14.4 Å². The van der Waals surface area contributed by atoms with Gasteiger partial charge in [0.1, 0.15) is 5.82 Å². The highest BCUT2D eigenvalue weighted by molar-refractivity contribution is 5.95. The average Bonchev–Trinajstić information content (AvgIpc) is 3.20. The third-order valence-electron chi connectivity index (χ3n) is 6.75. The normalized spacial score (nSPS) is 18.4. The van der Waals surface area contributed by atoms with Gasteiger partial charge in [-0.25, -0.2) is 9.97 Å². The van der Waals surface area contributed by atoms with Gasteiger partial charge in [-0.1, -0.05) is 37.3 Å². The van der Waals surface area contributed by atoms with Gasteiger partial charge in [0.15, 0.2) is 5.65 Å². The molecule has 0 bridgehead atoms. The predicted octanol–water partition coefficient (Wildman–Crippen LogP) is 2.56. The number of aromatic nitrogens is 4. The fourth-order valence-electron chi connectivity index (χ4n) is 4.66. The smallest absolute Gasteiger partial charge is 0.291 e. The monoisotopic (exact) mass is 433 g/mol. The molecule has 0 atom stereocenters. The van der Waals surface area contributed by atoms with E-state index in [0.717, 1.165) is 68.3 Å². The molecule has 2 aliphatic rings. The van der Waals surface area contributed by atoms with E-state index in [1.165, 1.54) is 5.56 Å². The topological polar surface area (TPSA) is 70.4 Å². The van der Waals surface area contributed by atoms with Gasteiger partial charge in [0.25, 0.3) is 5.91 Å². The zero-order valence-electron chi connectivity index (χ0n) is 18.9. The van der Waals surface area contributed by atoms with Gasteiger partial charge in [0.05, 0.1) is 11.6 Å². The maximum Gasteiger partial charge on any atom is 0.291 e. The van der Waals surface area contributed by atoms with E-state index in [4.69, 9.17) is 4.98 Å². The Kier molecular flexibility index (Phi) is 5.78. The molecule has 8 heteroatoms. The van der Waals surface area contributed by atoms with Gasteiger partial charge in [0.2, 0.25) is 5.82 Å². The van der Waals surface area contributed by atoms with Crippen molar-refractivity contribution in [1.82, 2.24) is 29.5 Å². The number of piperazine rings is 1. The third kappa shape index (κ3) is 4.19. The van der Waals surface area contributed by atoms with E-state index in [-0.39, 0.29) is 11.7 Å². The molecule has 168 valence electrons. The Bertz CT molecular complexity index is 1080. The number of aryl methyl sites for hydroxylation is 1. The molecular formula is C24H31N7O. The zero-order valence-corrected chi connectivity index (χ0v) is 18.9. The number of hydrogen-bond donors (Lipinski definition) is 0.